The molecule has 0 radical (unpaired) electrons. The third-order valence-electron chi connectivity index (χ3n) is 4.58. The van der Waals surface area contributed by atoms with Crippen LogP contribution < -0.4 is 20.3 Å². The van der Waals surface area contributed by atoms with Gasteiger partial charge in [0.25, 0.3) is 5.56 Å². The van der Waals surface area contributed by atoms with Gasteiger partial charge in [-0.25, -0.2) is 13.2 Å². The van der Waals surface area contributed by atoms with Crippen molar-refractivity contribution in [1.29, 1.82) is 0 Å². The molecule has 1 aliphatic heterocycles. The summed E-state index contributed by atoms with van der Waals surface area (Å²) in [5.41, 5.74) is 0.342. The minimum atomic E-state index is -0.852. The molecule has 9 heteroatoms. The summed E-state index contributed by atoms with van der Waals surface area (Å²) < 4.78 is 41.3. The molecule has 2 N–H and O–H groups in total. The summed E-state index contributed by atoms with van der Waals surface area (Å²) in [6.07, 6.45) is 1.83. The zero-order valence-electron chi connectivity index (χ0n) is 14.9. The predicted molar refractivity (Wildman–Crippen MR) is 102 cm³/mol. The number of fused-ring (bicyclic) bond motifs is 2. The van der Waals surface area contributed by atoms with Gasteiger partial charge in [-0.15, -0.1) is 0 Å². The molecule has 4 heterocycles. The quantitative estimate of drug-likeness (QED) is 0.554. The highest BCUT2D eigenvalue weighted by molar-refractivity contribution is 5.80. The Morgan fingerprint density at radius 2 is 1.79 bits per heavy atom. The van der Waals surface area contributed by atoms with Gasteiger partial charge in [0, 0.05) is 17.8 Å². The van der Waals surface area contributed by atoms with E-state index in [-0.39, 0.29) is 22.6 Å². The molecule has 1 aliphatic rings. The van der Waals surface area contributed by atoms with E-state index in [1.54, 1.807) is 30.3 Å². The van der Waals surface area contributed by atoms with Crippen molar-refractivity contribution in [3.05, 3.63) is 70.8 Å². The number of aromatic nitrogens is 3. The normalized spacial score (nSPS) is 12.9. The topological polar surface area (TPSA) is 80.7 Å². The molecule has 0 saturated heterocycles. The van der Waals surface area contributed by atoms with Crippen LogP contribution >= 0.6 is 0 Å². The molecular formula is C20H14F2N4O3. The molecule has 0 bridgehead atoms. The van der Waals surface area contributed by atoms with Gasteiger partial charge in [0.15, 0.2) is 23.1 Å². The Morgan fingerprint density at radius 3 is 2.59 bits per heavy atom. The first-order valence-corrected chi connectivity index (χ1v) is 8.81. The minimum absolute atomic E-state index is 0.0839. The number of pyridine rings is 2. The lowest BCUT2D eigenvalue weighted by Crippen LogP contribution is -2.15. The van der Waals surface area contributed by atoms with Crippen LogP contribution in [0.2, 0.25) is 0 Å². The van der Waals surface area contributed by atoms with Crippen LogP contribution in [0.25, 0.3) is 16.9 Å². The maximum Gasteiger partial charge on any atom is 0.257 e. The van der Waals surface area contributed by atoms with Crippen molar-refractivity contribution in [2.75, 3.05) is 18.5 Å². The van der Waals surface area contributed by atoms with Gasteiger partial charge in [-0.3, -0.25) is 9.78 Å². The van der Waals surface area contributed by atoms with Crippen LogP contribution in [-0.4, -0.2) is 27.6 Å². The molecule has 1 aromatic carbocycles. The molecule has 5 rings (SSSR count). The Labute approximate surface area is 162 Å². The first kappa shape index (κ1) is 17.2. The van der Waals surface area contributed by atoms with Crippen LogP contribution in [0.15, 0.2) is 53.6 Å². The fraction of sp³-hybridized carbons (Fsp3) is 0.100. The van der Waals surface area contributed by atoms with Gasteiger partial charge in [-0.05, 0) is 18.2 Å². The summed E-state index contributed by atoms with van der Waals surface area (Å²) in [5.74, 6) is -0.378. The van der Waals surface area contributed by atoms with Crippen molar-refractivity contribution >= 4 is 17.2 Å². The van der Waals surface area contributed by atoms with Gasteiger partial charge in [0.1, 0.15) is 24.7 Å². The van der Waals surface area contributed by atoms with Gasteiger partial charge in [-0.1, -0.05) is 6.07 Å². The Morgan fingerprint density at radius 1 is 1.03 bits per heavy atom. The SMILES string of the molecule is O=c1cccc2[nH]c(-c3c(F)cncc3F)c(Nc3ccc4c(c3)OCCO4)n12. The van der Waals surface area contributed by atoms with E-state index >= 15 is 0 Å². The second kappa shape index (κ2) is 6.62. The van der Waals surface area contributed by atoms with E-state index in [4.69, 9.17) is 9.47 Å². The molecular weight excluding hydrogens is 382 g/mol. The van der Waals surface area contributed by atoms with E-state index in [0.29, 0.717) is 36.0 Å². The van der Waals surface area contributed by atoms with Crippen LogP contribution in [0, 0.1) is 11.6 Å². The number of rotatable bonds is 3. The summed E-state index contributed by atoms with van der Waals surface area (Å²) in [4.78, 5) is 18.9. The first-order valence-electron chi connectivity index (χ1n) is 8.81. The maximum absolute atomic E-state index is 14.4. The Hall–Kier alpha value is -3.88. The van der Waals surface area contributed by atoms with Crippen molar-refractivity contribution in [2.45, 2.75) is 0 Å². The number of nitrogens with zero attached hydrogens (tertiary/aromatic N) is 2. The second-order valence-corrected chi connectivity index (χ2v) is 6.39. The van der Waals surface area contributed by atoms with E-state index < -0.39 is 11.6 Å². The highest BCUT2D eigenvalue weighted by Gasteiger charge is 2.22. The molecule has 0 fully saturated rings. The molecule has 0 amide bonds. The molecule has 0 atom stereocenters. The van der Waals surface area contributed by atoms with E-state index in [2.05, 4.69) is 15.3 Å². The van der Waals surface area contributed by atoms with Crippen molar-refractivity contribution < 1.29 is 18.3 Å². The number of imidazole rings is 1. The summed E-state index contributed by atoms with van der Waals surface area (Å²) in [5, 5.41) is 3.08. The van der Waals surface area contributed by atoms with Gasteiger partial charge >= 0.3 is 0 Å². The molecule has 3 aromatic heterocycles. The van der Waals surface area contributed by atoms with Crippen molar-refractivity contribution in [3.8, 4) is 22.8 Å². The smallest absolute Gasteiger partial charge is 0.257 e. The Bertz CT molecular complexity index is 1280. The van der Waals surface area contributed by atoms with E-state index in [1.807, 2.05) is 0 Å². The fourth-order valence-corrected chi connectivity index (χ4v) is 3.32. The zero-order valence-corrected chi connectivity index (χ0v) is 14.9. The average molecular weight is 396 g/mol. The monoisotopic (exact) mass is 396 g/mol. The van der Waals surface area contributed by atoms with Crippen molar-refractivity contribution in [2.24, 2.45) is 0 Å². The van der Waals surface area contributed by atoms with Crippen LogP contribution in [0.3, 0.4) is 0 Å². The summed E-state index contributed by atoms with van der Waals surface area (Å²) in [6.45, 7) is 0.879. The molecule has 0 unspecified atom stereocenters. The van der Waals surface area contributed by atoms with Crippen molar-refractivity contribution in [1.82, 2.24) is 14.4 Å². The first-order chi connectivity index (χ1) is 14.1. The van der Waals surface area contributed by atoms with Gasteiger partial charge in [-0.2, -0.15) is 0 Å². The van der Waals surface area contributed by atoms with Crippen LogP contribution in [0.5, 0.6) is 11.5 Å². The van der Waals surface area contributed by atoms with Gasteiger partial charge < -0.3 is 19.8 Å². The van der Waals surface area contributed by atoms with Crippen LogP contribution in [-0.2, 0) is 0 Å². The molecule has 7 nitrogen and oxygen atoms in total. The molecule has 146 valence electrons. The van der Waals surface area contributed by atoms with Crippen LogP contribution in [0.4, 0.5) is 20.3 Å². The summed E-state index contributed by atoms with van der Waals surface area (Å²) in [7, 11) is 0. The molecule has 0 saturated carbocycles. The lowest BCUT2D eigenvalue weighted by Gasteiger charge is -2.19. The van der Waals surface area contributed by atoms with Gasteiger partial charge in [0.05, 0.1) is 23.7 Å². The lowest BCUT2D eigenvalue weighted by atomic mass is 10.1. The number of halogens is 2. The largest absolute Gasteiger partial charge is 0.486 e. The highest BCUT2D eigenvalue weighted by atomic mass is 19.1. The molecule has 0 spiro atoms. The number of hydrogen-bond donors (Lipinski definition) is 2. The second-order valence-electron chi connectivity index (χ2n) is 6.39. The lowest BCUT2D eigenvalue weighted by molar-refractivity contribution is 0.171. The van der Waals surface area contributed by atoms with Crippen molar-refractivity contribution in [3.63, 3.8) is 0 Å². The van der Waals surface area contributed by atoms with E-state index in [0.717, 1.165) is 12.4 Å². The fourth-order valence-electron chi connectivity index (χ4n) is 3.32. The van der Waals surface area contributed by atoms with Crippen LogP contribution in [0.1, 0.15) is 0 Å². The number of hydrogen-bond acceptors (Lipinski definition) is 5. The third-order valence-corrected chi connectivity index (χ3v) is 4.58. The average Bonchev–Trinajstić information content (AvgIpc) is 3.07. The van der Waals surface area contributed by atoms with E-state index in [9.17, 15) is 13.6 Å². The Kier molecular flexibility index (Phi) is 3.94. The molecule has 4 aromatic rings. The summed E-state index contributed by atoms with van der Waals surface area (Å²) >= 11 is 0. The number of nitrogens with one attached hydrogen (secondary N) is 2. The standard InChI is InChI=1S/C20H14F2N4O3/c21-12-9-23-10-13(22)18(12)19-20(26-16(25-19)2-1-3-17(26)27)24-11-4-5-14-15(8-11)29-7-6-28-14/h1-5,8-10,24-25H,6-7H2. The van der Waals surface area contributed by atoms with Gasteiger partial charge in [0.2, 0.25) is 0 Å². The number of ether oxygens (including phenoxy) is 2. The Balaban J connectivity index is 1.71. The minimum Gasteiger partial charge on any atom is -0.486 e. The molecule has 29 heavy (non-hydrogen) atoms. The highest BCUT2D eigenvalue weighted by Crippen LogP contribution is 2.37. The third kappa shape index (κ3) is 2.87. The number of aromatic amines is 1. The number of anilines is 2. The zero-order chi connectivity index (χ0) is 20.0. The summed E-state index contributed by atoms with van der Waals surface area (Å²) in [6, 6.07) is 9.70. The number of benzene rings is 1. The number of H-pyrrole nitrogens is 1. The van der Waals surface area contributed by atoms with E-state index in [1.165, 1.54) is 10.5 Å². The molecule has 0 aliphatic carbocycles. The predicted octanol–water partition coefficient (Wildman–Crippen LogP) is 3.48. The maximum atomic E-state index is 14.4.